The molecule has 1 N–H and O–H groups in total. The summed E-state index contributed by atoms with van der Waals surface area (Å²) < 4.78 is 23.2. The fourth-order valence-corrected chi connectivity index (χ4v) is 2.48. The van der Waals surface area contributed by atoms with Crippen LogP contribution in [0.2, 0.25) is 0 Å². The van der Waals surface area contributed by atoms with E-state index in [9.17, 15) is 8.42 Å². The van der Waals surface area contributed by atoms with Crippen LogP contribution in [0.3, 0.4) is 0 Å². The van der Waals surface area contributed by atoms with Gasteiger partial charge < -0.3 is 5.32 Å². The van der Waals surface area contributed by atoms with Gasteiger partial charge in [0.1, 0.15) is 0 Å². The average molecular weight is 291 g/mol. The Kier molecular flexibility index (Phi) is 4.04. The van der Waals surface area contributed by atoms with Gasteiger partial charge in [0.25, 0.3) is 0 Å². The Hall–Kier alpha value is -1.95. The number of aromatic nitrogens is 2. The predicted molar refractivity (Wildman–Crippen MR) is 78.4 cm³/mol. The van der Waals surface area contributed by atoms with Crippen LogP contribution in [0.5, 0.6) is 0 Å². The molecule has 0 radical (unpaired) electrons. The van der Waals surface area contributed by atoms with Crippen LogP contribution < -0.4 is 5.32 Å². The number of sulfone groups is 1. The standard InChI is InChI=1S/C14H17N3O2S/c1-10-4-5-12(20(3,18)19)8-13(10)17-11(2)14-9-15-6-7-16-14/h4-9,11,17H,1-3H3. The molecule has 0 bridgehead atoms. The van der Waals surface area contributed by atoms with Gasteiger partial charge in [0.2, 0.25) is 0 Å². The first-order valence-corrected chi connectivity index (χ1v) is 8.10. The first kappa shape index (κ1) is 14.5. The number of hydrogen-bond acceptors (Lipinski definition) is 5. The second-order valence-electron chi connectivity index (χ2n) is 4.75. The fraction of sp³-hybridized carbons (Fsp3) is 0.286. The Morgan fingerprint density at radius 1 is 1.25 bits per heavy atom. The molecule has 1 aromatic heterocycles. The van der Waals surface area contributed by atoms with Crippen LogP contribution in [0, 0.1) is 6.92 Å². The highest BCUT2D eigenvalue weighted by molar-refractivity contribution is 7.90. The van der Waals surface area contributed by atoms with Crippen LogP contribution in [0.15, 0.2) is 41.7 Å². The van der Waals surface area contributed by atoms with Crippen LogP contribution in [-0.4, -0.2) is 24.6 Å². The lowest BCUT2D eigenvalue weighted by atomic mass is 10.1. The van der Waals surface area contributed by atoms with Crippen molar-refractivity contribution in [3.63, 3.8) is 0 Å². The molecular weight excluding hydrogens is 274 g/mol. The normalized spacial score (nSPS) is 12.9. The molecule has 1 aromatic carbocycles. The minimum absolute atomic E-state index is 0.0581. The van der Waals surface area contributed by atoms with Gasteiger partial charge in [-0.2, -0.15) is 0 Å². The molecule has 20 heavy (non-hydrogen) atoms. The van der Waals surface area contributed by atoms with Crippen LogP contribution in [0.1, 0.15) is 24.2 Å². The van der Waals surface area contributed by atoms with Gasteiger partial charge in [-0.3, -0.25) is 9.97 Å². The van der Waals surface area contributed by atoms with E-state index >= 15 is 0 Å². The van der Waals surface area contributed by atoms with Gasteiger partial charge in [-0.1, -0.05) is 6.07 Å². The third-order valence-corrected chi connectivity index (χ3v) is 4.15. The van der Waals surface area contributed by atoms with Crippen LogP contribution in [0.4, 0.5) is 5.69 Å². The number of anilines is 1. The number of nitrogens with one attached hydrogen (secondary N) is 1. The molecule has 0 aliphatic heterocycles. The van der Waals surface area contributed by atoms with Crippen LogP contribution >= 0.6 is 0 Å². The van der Waals surface area contributed by atoms with Crippen molar-refractivity contribution < 1.29 is 8.42 Å². The monoisotopic (exact) mass is 291 g/mol. The Morgan fingerprint density at radius 3 is 2.60 bits per heavy atom. The number of rotatable bonds is 4. The van der Waals surface area contributed by atoms with Crippen molar-refractivity contribution in [3.8, 4) is 0 Å². The molecule has 6 heteroatoms. The van der Waals surface area contributed by atoms with Crippen molar-refractivity contribution in [1.82, 2.24) is 9.97 Å². The maximum absolute atomic E-state index is 11.6. The van der Waals surface area contributed by atoms with E-state index in [1.165, 1.54) is 6.26 Å². The van der Waals surface area contributed by atoms with Gasteiger partial charge in [0.05, 0.1) is 22.8 Å². The Bertz CT molecular complexity index is 700. The topological polar surface area (TPSA) is 72.0 Å². The van der Waals surface area contributed by atoms with Gasteiger partial charge in [-0.05, 0) is 31.5 Å². The van der Waals surface area contributed by atoms with E-state index in [4.69, 9.17) is 0 Å². The zero-order valence-electron chi connectivity index (χ0n) is 11.7. The Labute approximate surface area is 119 Å². The molecule has 0 aliphatic carbocycles. The van der Waals surface area contributed by atoms with E-state index in [1.54, 1.807) is 36.8 Å². The zero-order valence-corrected chi connectivity index (χ0v) is 12.5. The molecule has 1 heterocycles. The van der Waals surface area contributed by atoms with Crippen molar-refractivity contribution in [3.05, 3.63) is 48.0 Å². The third kappa shape index (κ3) is 3.33. The molecule has 1 unspecified atom stereocenters. The molecule has 0 saturated heterocycles. The summed E-state index contributed by atoms with van der Waals surface area (Å²) in [7, 11) is -3.21. The first-order chi connectivity index (χ1) is 9.38. The molecule has 0 saturated carbocycles. The van der Waals surface area contributed by atoms with E-state index < -0.39 is 9.84 Å². The molecular formula is C14H17N3O2S. The van der Waals surface area contributed by atoms with E-state index in [1.807, 2.05) is 13.8 Å². The summed E-state index contributed by atoms with van der Waals surface area (Å²) in [4.78, 5) is 8.56. The maximum Gasteiger partial charge on any atom is 0.175 e. The Balaban J connectivity index is 2.30. The molecule has 0 spiro atoms. The number of nitrogens with zero attached hydrogens (tertiary/aromatic N) is 2. The second kappa shape index (κ2) is 5.58. The summed E-state index contributed by atoms with van der Waals surface area (Å²) in [5.74, 6) is 0. The van der Waals surface area contributed by atoms with E-state index in [0.717, 1.165) is 16.9 Å². The van der Waals surface area contributed by atoms with Crippen molar-refractivity contribution in [2.24, 2.45) is 0 Å². The lowest BCUT2D eigenvalue weighted by Gasteiger charge is -2.17. The highest BCUT2D eigenvalue weighted by Crippen LogP contribution is 2.24. The zero-order chi connectivity index (χ0) is 14.8. The van der Waals surface area contributed by atoms with Gasteiger partial charge in [0, 0.05) is 24.3 Å². The lowest BCUT2D eigenvalue weighted by Crippen LogP contribution is -2.10. The number of aryl methyl sites for hydroxylation is 1. The average Bonchev–Trinajstić information content (AvgIpc) is 2.41. The molecule has 106 valence electrons. The molecule has 1 atom stereocenters. The summed E-state index contributed by atoms with van der Waals surface area (Å²) in [5, 5.41) is 3.27. The molecule has 2 aromatic rings. The third-order valence-electron chi connectivity index (χ3n) is 3.04. The van der Waals surface area contributed by atoms with Crippen LogP contribution in [0.25, 0.3) is 0 Å². The summed E-state index contributed by atoms with van der Waals surface area (Å²) in [6, 6.07) is 5.00. The van der Waals surface area contributed by atoms with Gasteiger partial charge in [0.15, 0.2) is 9.84 Å². The van der Waals surface area contributed by atoms with Crippen molar-refractivity contribution in [2.75, 3.05) is 11.6 Å². The maximum atomic E-state index is 11.6. The lowest BCUT2D eigenvalue weighted by molar-refractivity contribution is 0.602. The van der Waals surface area contributed by atoms with E-state index in [0.29, 0.717) is 4.90 Å². The van der Waals surface area contributed by atoms with Gasteiger partial charge in [-0.15, -0.1) is 0 Å². The number of benzene rings is 1. The van der Waals surface area contributed by atoms with Crippen molar-refractivity contribution >= 4 is 15.5 Å². The SMILES string of the molecule is Cc1ccc(S(C)(=O)=O)cc1NC(C)c1cnccn1. The fourth-order valence-electron chi connectivity index (χ4n) is 1.83. The quantitative estimate of drug-likeness (QED) is 0.936. The van der Waals surface area contributed by atoms with Gasteiger partial charge in [-0.25, -0.2) is 8.42 Å². The number of hydrogen-bond donors (Lipinski definition) is 1. The summed E-state index contributed by atoms with van der Waals surface area (Å²) in [5.41, 5.74) is 2.57. The van der Waals surface area contributed by atoms with Crippen LogP contribution in [-0.2, 0) is 9.84 Å². The van der Waals surface area contributed by atoms with Crippen molar-refractivity contribution in [1.29, 1.82) is 0 Å². The largest absolute Gasteiger partial charge is 0.377 e. The predicted octanol–water partition coefficient (Wildman–Crippen LogP) is 2.36. The molecule has 5 nitrogen and oxygen atoms in total. The molecule has 0 amide bonds. The van der Waals surface area contributed by atoms with Crippen molar-refractivity contribution in [2.45, 2.75) is 24.8 Å². The smallest absolute Gasteiger partial charge is 0.175 e. The summed E-state index contributed by atoms with van der Waals surface area (Å²) in [6.45, 7) is 3.88. The Morgan fingerprint density at radius 2 is 2.00 bits per heavy atom. The minimum atomic E-state index is -3.21. The molecule has 2 rings (SSSR count). The van der Waals surface area contributed by atoms with E-state index in [-0.39, 0.29) is 6.04 Å². The summed E-state index contributed by atoms with van der Waals surface area (Å²) >= 11 is 0. The van der Waals surface area contributed by atoms with E-state index in [2.05, 4.69) is 15.3 Å². The first-order valence-electron chi connectivity index (χ1n) is 6.21. The summed E-state index contributed by atoms with van der Waals surface area (Å²) in [6.07, 6.45) is 6.14. The highest BCUT2D eigenvalue weighted by Gasteiger charge is 2.12. The minimum Gasteiger partial charge on any atom is -0.377 e. The highest BCUT2D eigenvalue weighted by atomic mass is 32.2. The van der Waals surface area contributed by atoms with Gasteiger partial charge >= 0.3 is 0 Å². The second-order valence-corrected chi connectivity index (χ2v) is 6.76. The molecule has 0 fully saturated rings. The molecule has 0 aliphatic rings.